The molecule has 0 radical (unpaired) electrons. The average molecular weight is 384 g/mol. The summed E-state index contributed by atoms with van der Waals surface area (Å²) >= 11 is 2.12. The van der Waals surface area contributed by atoms with Gasteiger partial charge in [-0.05, 0) is 30.1 Å². The number of aromatic nitrogens is 3. The van der Waals surface area contributed by atoms with E-state index < -0.39 is 11.7 Å². The fourth-order valence-electron chi connectivity index (χ4n) is 2.08. The van der Waals surface area contributed by atoms with Gasteiger partial charge in [0.2, 0.25) is 0 Å². The zero-order valence-electron chi connectivity index (χ0n) is 12.8. The normalized spacial score (nSPS) is 11.5. The highest BCUT2D eigenvalue weighted by atomic mass is 32.1. The maximum atomic E-state index is 12.8. The minimum Gasteiger partial charge on any atom is -0.297 e. The lowest BCUT2D eigenvalue weighted by atomic mass is 10.1. The molecule has 1 N–H and O–H groups in total. The number of thiazole rings is 1. The number of nitrogens with zero attached hydrogens (tertiary/aromatic N) is 3. The molecule has 5 nitrogen and oxygen atoms in total. The Morgan fingerprint density at radius 1 is 1.32 bits per heavy atom. The first-order chi connectivity index (χ1) is 11.9. The second kappa shape index (κ2) is 6.89. The van der Waals surface area contributed by atoms with Crippen molar-refractivity contribution in [2.45, 2.75) is 19.5 Å². The van der Waals surface area contributed by atoms with E-state index in [9.17, 15) is 18.0 Å². The monoisotopic (exact) mass is 384 g/mol. The Balaban J connectivity index is 1.80. The molecule has 0 saturated carbocycles. The Labute approximate surface area is 148 Å². The Hall–Kier alpha value is -2.33. The summed E-state index contributed by atoms with van der Waals surface area (Å²) in [5, 5.41) is 8.39. The number of anilines is 1. The predicted molar refractivity (Wildman–Crippen MR) is 89.8 cm³/mol. The number of aryl methyl sites for hydroxylation is 1. The van der Waals surface area contributed by atoms with Crippen molar-refractivity contribution in [1.29, 1.82) is 0 Å². The molecule has 1 aromatic carbocycles. The molecule has 0 bridgehead atoms. The maximum Gasteiger partial charge on any atom is 0.416 e. The quantitative estimate of drug-likeness (QED) is 0.719. The van der Waals surface area contributed by atoms with Gasteiger partial charge in [0.1, 0.15) is 4.88 Å². The molecule has 0 atom stereocenters. The fraction of sp³-hybridized carbons (Fsp3) is 0.200. The van der Waals surface area contributed by atoms with Crippen LogP contribution in [0.3, 0.4) is 0 Å². The topological polar surface area (TPSA) is 67.8 Å². The van der Waals surface area contributed by atoms with Gasteiger partial charge in [0, 0.05) is 10.9 Å². The van der Waals surface area contributed by atoms with Crippen molar-refractivity contribution in [2.24, 2.45) is 0 Å². The van der Waals surface area contributed by atoms with Gasteiger partial charge in [0.25, 0.3) is 5.91 Å². The van der Waals surface area contributed by atoms with Gasteiger partial charge in [-0.1, -0.05) is 23.5 Å². The molecule has 25 heavy (non-hydrogen) atoms. The van der Waals surface area contributed by atoms with Crippen LogP contribution in [0.2, 0.25) is 0 Å². The van der Waals surface area contributed by atoms with Gasteiger partial charge in [-0.3, -0.25) is 10.1 Å². The van der Waals surface area contributed by atoms with Gasteiger partial charge in [-0.25, -0.2) is 4.98 Å². The molecule has 3 rings (SSSR count). The summed E-state index contributed by atoms with van der Waals surface area (Å²) in [6, 6.07) is 4.90. The minimum atomic E-state index is -4.42. The Morgan fingerprint density at radius 2 is 2.12 bits per heavy atom. The van der Waals surface area contributed by atoms with E-state index in [-0.39, 0.29) is 5.91 Å². The van der Waals surface area contributed by atoms with Gasteiger partial charge in [-0.15, -0.1) is 16.4 Å². The first kappa shape index (κ1) is 17.5. The first-order valence-corrected chi connectivity index (χ1v) is 8.79. The summed E-state index contributed by atoms with van der Waals surface area (Å²) in [6.45, 7) is 1.86. The molecule has 0 spiro atoms. The highest BCUT2D eigenvalue weighted by Gasteiger charge is 2.30. The van der Waals surface area contributed by atoms with E-state index in [4.69, 9.17) is 0 Å². The molecule has 0 unspecified atom stereocenters. The van der Waals surface area contributed by atoms with Crippen molar-refractivity contribution in [2.75, 3.05) is 5.32 Å². The number of carbonyl (C=O) groups excluding carboxylic acids is 1. The molecule has 0 fully saturated rings. The summed E-state index contributed by atoms with van der Waals surface area (Å²) in [5.74, 6) is -0.378. The molecule has 3 aromatic rings. The molecule has 2 heterocycles. The van der Waals surface area contributed by atoms with E-state index in [1.165, 1.54) is 12.1 Å². The van der Waals surface area contributed by atoms with E-state index >= 15 is 0 Å². The highest BCUT2D eigenvalue weighted by Crippen LogP contribution is 2.33. The molecule has 0 aliphatic rings. The first-order valence-electron chi connectivity index (χ1n) is 7.14. The average Bonchev–Trinajstić information content (AvgIpc) is 3.23. The van der Waals surface area contributed by atoms with Crippen LogP contribution in [0.4, 0.5) is 18.3 Å². The Morgan fingerprint density at radius 3 is 2.84 bits per heavy atom. The predicted octanol–water partition coefficient (Wildman–Crippen LogP) is 4.50. The number of benzene rings is 1. The number of halogens is 3. The summed E-state index contributed by atoms with van der Waals surface area (Å²) in [5.41, 5.74) is 0.550. The lowest BCUT2D eigenvalue weighted by Gasteiger charge is -2.07. The number of nitrogens with one attached hydrogen (secondary N) is 1. The zero-order valence-corrected chi connectivity index (χ0v) is 14.4. The SMILES string of the molecule is CCc1nnsc1C(=O)Nc1nc(-c2cccc(C(F)(F)F)c2)cs1. The summed E-state index contributed by atoms with van der Waals surface area (Å²) in [4.78, 5) is 16.8. The molecular formula is C15H11F3N4OS2. The van der Waals surface area contributed by atoms with Crippen LogP contribution in [0, 0.1) is 0 Å². The Bertz CT molecular complexity index is 904. The summed E-state index contributed by atoms with van der Waals surface area (Å²) in [6.07, 6.45) is -3.84. The third-order valence-electron chi connectivity index (χ3n) is 3.31. The second-order valence-electron chi connectivity index (χ2n) is 4.97. The lowest BCUT2D eigenvalue weighted by molar-refractivity contribution is -0.137. The van der Waals surface area contributed by atoms with E-state index in [1.54, 1.807) is 5.38 Å². The molecule has 10 heteroatoms. The number of alkyl halides is 3. The van der Waals surface area contributed by atoms with Crippen molar-refractivity contribution < 1.29 is 18.0 Å². The largest absolute Gasteiger partial charge is 0.416 e. The van der Waals surface area contributed by atoms with E-state index in [0.29, 0.717) is 33.4 Å². The zero-order chi connectivity index (χ0) is 18.0. The molecule has 0 aliphatic carbocycles. The number of carbonyl (C=O) groups is 1. The van der Waals surface area contributed by atoms with Gasteiger partial charge in [-0.2, -0.15) is 13.2 Å². The number of amides is 1. The van der Waals surface area contributed by atoms with Gasteiger partial charge >= 0.3 is 6.18 Å². The van der Waals surface area contributed by atoms with Crippen LogP contribution in [0.5, 0.6) is 0 Å². The van der Waals surface area contributed by atoms with Crippen molar-refractivity contribution in [3.05, 3.63) is 45.8 Å². The van der Waals surface area contributed by atoms with Crippen molar-refractivity contribution in [3.63, 3.8) is 0 Å². The highest BCUT2D eigenvalue weighted by molar-refractivity contribution is 7.14. The van der Waals surface area contributed by atoms with E-state index in [2.05, 4.69) is 19.9 Å². The number of rotatable bonds is 4. The van der Waals surface area contributed by atoms with Crippen LogP contribution in [-0.4, -0.2) is 20.5 Å². The van der Waals surface area contributed by atoms with Gasteiger partial charge < -0.3 is 0 Å². The molecule has 1 amide bonds. The third kappa shape index (κ3) is 3.85. The summed E-state index contributed by atoms with van der Waals surface area (Å²) in [7, 11) is 0. The molecule has 0 saturated heterocycles. The number of hydrogen-bond acceptors (Lipinski definition) is 6. The van der Waals surface area contributed by atoms with Crippen molar-refractivity contribution in [3.8, 4) is 11.3 Å². The minimum absolute atomic E-state index is 0.299. The van der Waals surface area contributed by atoms with Gasteiger partial charge in [0.05, 0.1) is 17.0 Å². The van der Waals surface area contributed by atoms with E-state index in [1.807, 2.05) is 6.92 Å². The lowest BCUT2D eigenvalue weighted by Crippen LogP contribution is -2.12. The molecule has 130 valence electrons. The van der Waals surface area contributed by atoms with Crippen molar-refractivity contribution >= 4 is 33.9 Å². The smallest absolute Gasteiger partial charge is 0.297 e. The standard InChI is InChI=1S/C15H11F3N4OS2/c1-2-10-12(25-22-21-10)13(23)20-14-19-11(7-24-14)8-4-3-5-9(6-8)15(16,17)18/h3-7H,2H2,1H3,(H,19,20,23). The molecule has 2 aromatic heterocycles. The van der Waals surface area contributed by atoms with Crippen LogP contribution in [-0.2, 0) is 12.6 Å². The van der Waals surface area contributed by atoms with Crippen LogP contribution >= 0.6 is 22.9 Å². The Kier molecular flexibility index (Phi) is 4.82. The van der Waals surface area contributed by atoms with Crippen LogP contribution in [0.15, 0.2) is 29.6 Å². The van der Waals surface area contributed by atoms with Gasteiger partial charge in [0.15, 0.2) is 5.13 Å². The van der Waals surface area contributed by atoms with Crippen LogP contribution in [0.1, 0.15) is 27.9 Å². The second-order valence-corrected chi connectivity index (χ2v) is 6.59. The van der Waals surface area contributed by atoms with Crippen molar-refractivity contribution in [1.82, 2.24) is 14.6 Å². The number of hydrogen-bond donors (Lipinski definition) is 1. The fourth-order valence-corrected chi connectivity index (χ4v) is 3.45. The summed E-state index contributed by atoms with van der Waals surface area (Å²) < 4.78 is 42.2. The van der Waals surface area contributed by atoms with E-state index in [0.717, 1.165) is 35.0 Å². The van der Waals surface area contributed by atoms with Crippen LogP contribution < -0.4 is 5.32 Å². The molecular weight excluding hydrogens is 373 g/mol. The maximum absolute atomic E-state index is 12.8. The third-order valence-corrected chi connectivity index (χ3v) is 4.83. The molecule has 0 aliphatic heterocycles. The van der Waals surface area contributed by atoms with Crippen LogP contribution in [0.25, 0.3) is 11.3 Å².